The highest BCUT2D eigenvalue weighted by atomic mass is 32.1. The van der Waals surface area contributed by atoms with Crippen molar-refractivity contribution in [2.24, 2.45) is 0 Å². The largest absolute Gasteiger partial charge is 0.493 e. The molecule has 0 saturated carbocycles. The number of nitrogens with zero attached hydrogens (tertiary/aromatic N) is 2. The van der Waals surface area contributed by atoms with Crippen molar-refractivity contribution >= 4 is 49.5 Å². The summed E-state index contributed by atoms with van der Waals surface area (Å²) in [5.74, 6) is 0.246. The van der Waals surface area contributed by atoms with E-state index in [9.17, 15) is 9.59 Å². The average molecular weight is 421 g/mol. The van der Waals surface area contributed by atoms with E-state index in [2.05, 4.69) is 10.3 Å². The van der Waals surface area contributed by atoms with E-state index in [0.29, 0.717) is 29.4 Å². The summed E-state index contributed by atoms with van der Waals surface area (Å²) in [5.41, 5.74) is 1.37. The maximum absolute atomic E-state index is 13.1. The number of benzene rings is 2. The third-order valence-electron chi connectivity index (χ3n) is 5.28. The number of thiazole rings is 1. The molecule has 1 fully saturated rings. The van der Waals surface area contributed by atoms with E-state index in [1.807, 2.05) is 36.4 Å². The minimum atomic E-state index is -0.556. The van der Waals surface area contributed by atoms with E-state index in [1.165, 1.54) is 11.3 Å². The van der Waals surface area contributed by atoms with Gasteiger partial charge in [-0.05, 0) is 37.1 Å². The number of hydrogen-bond donors (Lipinski definition) is 1. The molecule has 1 saturated heterocycles. The second-order valence-electron chi connectivity index (χ2n) is 7.12. The molecule has 2 amide bonds. The molecule has 8 heteroatoms. The molecule has 0 radical (unpaired) electrons. The Morgan fingerprint density at radius 2 is 2.10 bits per heavy atom. The van der Waals surface area contributed by atoms with Gasteiger partial charge in [0.25, 0.3) is 5.91 Å². The number of likely N-dealkylation sites (tertiary alicyclic amines) is 1. The molecule has 0 aliphatic carbocycles. The number of furan rings is 1. The molecule has 1 aliphatic heterocycles. The molecular weight excluding hydrogens is 402 g/mol. The average Bonchev–Trinajstić information content (AvgIpc) is 3.49. The van der Waals surface area contributed by atoms with E-state index in [-0.39, 0.29) is 17.6 Å². The van der Waals surface area contributed by atoms with Gasteiger partial charge in [-0.1, -0.05) is 35.6 Å². The lowest BCUT2D eigenvalue weighted by molar-refractivity contribution is -0.119. The number of nitrogens with one attached hydrogen (secondary N) is 1. The first-order chi connectivity index (χ1) is 14.6. The number of carbonyl (C=O) groups is 2. The van der Waals surface area contributed by atoms with Crippen LogP contribution >= 0.6 is 11.3 Å². The van der Waals surface area contributed by atoms with Gasteiger partial charge in [-0.25, -0.2) is 4.98 Å². The first kappa shape index (κ1) is 18.6. The van der Waals surface area contributed by atoms with Crippen LogP contribution in [0.2, 0.25) is 0 Å². The Balaban J connectivity index is 1.37. The number of amides is 2. The number of para-hydroxylation sites is 2. The van der Waals surface area contributed by atoms with E-state index < -0.39 is 6.04 Å². The highest BCUT2D eigenvalue weighted by Gasteiger charge is 2.36. The first-order valence-electron chi connectivity index (χ1n) is 9.68. The second kappa shape index (κ2) is 7.46. The third-order valence-corrected chi connectivity index (χ3v) is 6.23. The molecule has 152 valence electrons. The molecule has 1 atom stereocenters. The van der Waals surface area contributed by atoms with Crippen molar-refractivity contribution in [1.29, 1.82) is 0 Å². The maximum atomic E-state index is 13.1. The van der Waals surface area contributed by atoms with Crippen LogP contribution in [0.15, 0.2) is 52.9 Å². The Morgan fingerprint density at radius 1 is 1.23 bits per heavy atom. The van der Waals surface area contributed by atoms with Crippen molar-refractivity contribution < 1.29 is 18.7 Å². The van der Waals surface area contributed by atoms with Crippen LogP contribution in [0.1, 0.15) is 23.4 Å². The summed E-state index contributed by atoms with van der Waals surface area (Å²) in [6, 6.07) is 14.3. The molecule has 0 spiro atoms. The molecule has 7 nitrogen and oxygen atoms in total. The maximum Gasteiger partial charge on any atom is 0.290 e. The highest BCUT2D eigenvalue weighted by Crippen LogP contribution is 2.31. The van der Waals surface area contributed by atoms with E-state index in [4.69, 9.17) is 9.15 Å². The fraction of sp³-hybridized carbons (Fsp3) is 0.227. The van der Waals surface area contributed by atoms with Gasteiger partial charge < -0.3 is 19.4 Å². The summed E-state index contributed by atoms with van der Waals surface area (Å²) >= 11 is 1.42. The van der Waals surface area contributed by atoms with E-state index in [1.54, 1.807) is 24.1 Å². The molecule has 2 aromatic carbocycles. The summed E-state index contributed by atoms with van der Waals surface area (Å²) in [6.45, 7) is 0.505. The van der Waals surface area contributed by atoms with Gasteiger partial charge in [0, 0.05) is 11.9 Å². The predicted molar refractivity (Wildman–Crippen MR) is 115 cm³/mol. The van der Waals surface area contributed by atoms with E-state index >= 15 is 0 Å². The molecule has 3 heterocycles. The molecule has 30 heavy (non-hydrogen) atoms. The highest BCUT2D eigenvalue weighted by molar-refractivity contribution is 7.22. The van der Waals surface area contributed by atoms with Crippen LogP contribution in [0.5, 0.6) is 5.75 Å². The lowest BCUT2D eigenvalue weighted by Gasteiger charge is -2.22. The zero-order chi connectivity index (χ0) is 20.7. The van der Waals surface area contributed by atoms with Crippen LogP contribution in [-0.2, 0) is 4.79 Å². The van der Waals surface area contributed by atoms with Crippen LogP contribution in [0, 0.1) is 0 Å². The Morgan fingerprint density at radius 3 is 2.93 bits per heavy atom. The molecular formula is C22H19N3O4S. The normalized spacial score (nSPS) is 16.3. The minimum absolute atomic E-state index is 0.203. The number of aromatic nitrogens is 1. The zero-order valence-corrected chi connectivity index (χ0v) is 17.1. The van der Waals surface area contributed by atoms with Gasteiger partial charge in [-0.3, -0.25) is 9.59 Å². The van der Waals surface area contributed by atoms with Crippen molar-refractivity contribution in [2.75, 3.05) is 19.0 Å². The fourth-order valence-electron chi connectivity index (χ4n) is 3.84. The minimum Gasteiger partial charge on any atom is -0.493 e. The number of carbonyl (C=O) groups excluding carboxylic acids is 2. The summed E-state index contributed by atoms with van der Waals surface area (Å²) in [4.78, 5) is 32.1. The number of anilines is 1. The standard InChI is InChI=1S/C22H19N3O4S/c1-28-16-9-4-6-13-12-17(29-19(13)16)21(27)25-11-5-8-15(25)20(26)24-22-23-14-7-2-3-10-18(14)30-22/h2-4,6-7,9-10,12,15H,5,8,11H2,1H3,(H,23,24,26). The van der Waals surface area contributed by atoms with Gasteiger partial charge >= 0.3 is 0 Å². The fourth-order valence-corrected chi connectivity index (χ4v) is 4.71. The van der Waals surface area contributed by atoms with Gasteiger partial charge in [0.15, 0.2) is 22.2 Å². The summed E-state index contributed by atoms with van der Waals surface area (Å²) in [5, 5.41) is 4.20. The monoisotopic (exact) mass is 421 g/mol. The van der Waals surface area contributed by atoms with Crippen molar-refractivity contribution in [3.05, 3.63) is 54.3 Å². The summed E-state index contributed by atoms with van der Waals surface area (Å²) < 4.78 is 12.1. The van der Waals surface area contributed by atoms with Crippen LogP contribution in [0.4, 0.5) is 5.13 Å². The van der Waals surface area contributed by atoms with Gasteiger partial charge in [0.1, 0.15) is 6.04 Å². The van der Waals surface area contributed by atoms with Crippen LogP contribution in [-0.4, -0.2) is 41.4 Å². The number of ether oxygens (including phenoxy) is 1. The lowest BCUT2D eigenvalue weighted by atomic mass is 10.2. The Labute approximate surface area is 176 Å². The molecule has 5 rings (SSSR count). The lowest BCUT2D eigenvalue weighted by Crippen LogP contribution is -2.43. The predicted octanol–water partition coefficient (Wildman–Crippen LogP) is 4.29. The molecule has 2 aromatic heterocycles. The van der Waals surface area contributed by atoms with Crippen molar-refractivity contribution in [1.82, 2.24) is 9.88 Å². The quantitative estimate of drug-likeness (QED) is 0.531. The topological polar surface area (TPSA) is 84.7 Å². The Bertz CT molecular complexity index is 1230. The van der Waals surface area contributed by atoms with Gasteiger partial charge in [0.2, 0.25) is 5.91 Å². The third kappa shape index (κ3) is 3.19. The Kier molecular flexibility index (Phi) is 4.63. The number of methoxy groups -OCH3 is 1. The van der Waals surface area contributed by atoms with Crippen molar-refractivity contribution in [3.8, 4) is 5.75 Å². The van der Waals surface area contributed by atoms with Crippen LogP contribution in [0.25, 0.3) is 21.2 Å². The number of hydrogen-bond acceptors (Lipinski definition) is 6. The van der Waals surface area contributed by atoms with Crippen molar-refractivity contribution in [2.45, 2.75) is 18.9 Å². The Hall–Kier alpha value is -3.39. The number of rotatable bonds is 4. The number of fused-ring (bicyclic) bond motifs is 2. The molecule has 0 bridgehead atoms. The molecule has 1 N–H and O–H groups in total. The van der Waals surface area contributed by atoms with E-state index in [0.717, 1.165) is 22.0 Å². The van der Waals surface area contributed by atoms with Crippen molar-refractivity contribution in [3.63, 3.8) is 0 Å². The summed E-state index contributed by atoms with van der Waals surface area (Å²) in [7, 11) is 1.56. The molecule has 4 aromatic rings. The van der Waals surface area contributed by atoms with Crippen LogP contribution in [0.3, 0.4) is 0 Å². The summed E-state index contributed by atoms with van der Waals surface area (Å²) in [6.07, 6.45) is 1.36. The second-order valence-corrected chi connectivity index (χ2v) is 8.15. The van der Waals surface area contributed by atoms with Crippen LogP contribution < -0.4 is 10.1 Å². The first-order valence-corrected chi connectivity index (χ1v) is 10.5. The zero-order valence-electron chi connectivity index (χ0n) is 16.3. The smallest absolute Gasteiger partial charge is 0.290 e. The van der Waals surface area contributed by atoms with Gasteiger partial charge in [0.05, 0.1) is 17.3 Å². The van der Waals surface area contributed by atoms with Gasteiger partial charge in [-0.2, -0.15) is 0 Å². The molecule has 1 unspecified atom stereocenters. The molecule has 1 aliphatic rings. The SMILES string of the molecule is COc1cccc2cc(C(=O)N3CCCC3C(=O)Nc3nc4ccccc4s3)oc12. The van der Waals surface area contributed by atoms with Gasteiger partial charge in [-0.15, -0.1) is 0 Å².